The molecule has 0 aliphatic rings. The third kappa shape index (κ3) is 3.10. The van der Waals surface area contributed by atoms with Crippen LogP contribution in [0.15, 0.2) is 60.7 Å². The molecule has 22 heavy (non-hydrogen) atoms. The minimum absolute atomic E-state index is 0.0988. The van der Waals surface area contributed by atoms with Gasteiger partial charge in [0.25, 0.3) is 0 Å². The lowest BCUT2D eigenvalue weighted by Crippen LogP contribution is -2.28. The van der Waals surface area contributed by atoms with Crippen LogP contribution in [-0.4, -0.2) is 28.4 Å². The fourth-order valence-corrected chi connectivity index (χ4v) is 2.27. The quantitative estimate of drug-likeness (QED) is 0.739. The highest BCUT2D eigenvalue weighted by molar-refractivity contribution is 5.80. The van der Waals surface area contributed by atoms with E-state index >= 15 is 0 Å². The number of carboxylic acids is 1. The Labute approximate surface area is 127 Å². The summed E-state index contributed by atoms with van der Waals surface area (Å²) in [5, 5.41) is 27.8. The van der Waals surface area contributed by atoms with Crippen LogP contribution in [0.1, 0.15) is 11.1 Å². The van der Waals surface area contributed by atoms with Crippen LogP contribution in [0.5, 0.6) is 11.5 Å². The number of carbonyl (C=O) groups is 1. The van der Waals surface area contributed by atoms with Crippen LogP contribution in [-0.2, 0) is 15.1 Å². The van der Waals surface area contributed by atoms with Gasteiger partial charge in [-0.25, -0.2) is 4.79 Å². The first-order chi connectivity index (χ1) is 10.5. The minimum Gasteiger partial charge on any atom is -0.508 e. The van der Waals surface area contributed by atoms with E-state index in [4.69, 9.17) is 9.84 Å². The van der Waals surface area contributed by atoms with Crippen molar-refractivity contribution in [2.24, 2.45) is 0 Å². The molecule has 3 N–H and O–H groups in total. The first kappa shape index (κ1) is 15.6. The van der Waals surface area contributed by atoms with Crippen molar-refractivity contribution in [3.8, 4) is 11.5 Å². The van der Waals surface area contributed by atoms with E-state index < -0.39 is 11.6 Å². The number of aliphatic carboxylic acids is 1. The van der Waals surface area contributed by atoms with Gasteiger partial charge in [0.2, 0.25) is 0 Å². The Morgan fingerprint density at radius 2 is 1.36 bits per heavy atom. The van der Waals surface area contributed by atoms with Crippen molar-refractivity contribution >= 4 is 5.97 Å². The Hall–Kier alpha value is -2.79. The Kier molecular flexibility index (Phi) is 4.48. The zero-order valence-corrected chi connectivity index (χ0v) is 11.9. The third-order valence-corrected chi connectivity index (χ3v) is 3.37. The molecule has 0 radical (unpaired) electrons. The molecule has 0 aliphatic heterocycles. The molecule has 0 amide bonds. The normalized spacial score (nSPS) is 11.7. The van der Waals surface area contributed by atoms with Crippen LogP contribution >= 0.6 is 0 Å². The van der Waals surface area contributed by atoms with Gasteiger partial charge in [-0.1, -0.05) is 24.3 Å². The van der Waals surface area contributed by atoms with Gasteiger partial charge in [-0.05, 0) is 41.5 Å². The predicted octanol–water partition coefficient (Wildman–Crippen LogP) is 2.63. The summed E-state index contributed by atoms with van der Waals surface area (Å²) >= 11 is 0. The van der Waals surface area contributed by atoms with E-state index in [1.54, 1.807) is 24.3 Å². The van der Waals surface area contributed by atoms with E-state index in [1.165, 1.54) is 37.5 Å². The van der Waals surface area contributed by atoms with Crippen LogP contribution in [0.4, 0.5) is 0 Å². The van der Waals surface area contributed by atoms with Gasteiger partial charge in [0.05, 0.1) is 0 Å². The zero-order chi connectivity index (χ0) is 16.2. The van der Waals surface area contributed by atoms with E-state index in [1.807, 2.05) is 0 Å². The second-order valence-corrected chi connectivity index (χ2v) is 4.71. The molecule has 2 aromatic rings. The van der Waals surface area contributed by atoms with Crippen molar-refractivity contribution in [1.29, 1.82) is 0 Å². The number of phenols is 2. The highest BCUT2D eigenvalue weighted by atomic mass is 16.5. The maximum absolute atomic E-state index is 10.9. The van der Waals surface area contributed by atoms with Gasteiger partial charge in [0, 0.05) is 13.2 Å². The van der Waals surface area contributed by atoms with Crippen molar-refractivity contribution in [1.82, 2.24) is 0 Å². The molecule has 0 spiro atoms. The number of phenolic OH excluding ortho intramolecular Hbond substituents is 2. The number of rotatable bonds is 5. The number of hydrogen-bond acceptors (Lipinski definition) is 4. The summed E-state index contributed by atoms with van der Waals surface area (Å²) in [5.41, 5.74) is 0.159. The number of aromatic hydroxyl groups is 2. The molecule has 0 atom stereocenters. The molecule has 2 aromatic carbocycles. The number of carboxylic acid groups (broad SMARTS) is 1. The number of methoxy groups -OCH3 is 1. The molecule has 114 valence electrons. The summed E-state index contributed by atoms with van der Waals surface area (Å²) in [6.07, 6.45) is 2.43. The fourth-order valence-electron chi connectivity index (χ4n) is 2.27. The van der Waals surface area contributed by atoms with E-state index in [2.05, 4.69) is 0 Å². The molecule has 0 aliphatic carbocycles. The van der Waals surface area contributed by atoms with Crippen molar-refractivity contribution in [2.75, 3.05) is 7.11 Å². The fraction of sp³-hybridized carbons (Fsp3) is 0.118. The molecule has 2 rings (SSSR count). The molecule has 0 saturated carbocycles. The molecule has 5 heteroatoms. The monoisotopic (exact) mass is 300 g/mol. The summed E-state index contributed by atoms with van der Waals surface area (Å²) in [6.45, 7) is 0. The van der Waals surface area contributed by atoms with Gasteiger partial charge in [0.15, 0.2) is 0 Å². The van der Waals surface area contributed by atoms with Crippen molar-refractivity contribution < 1.29 is 24.9 Å². The van der Waals surface area contributed by atoms with Crippen molar-refractivity contribution in [2.45, 2.75) is 5.60 Å². The van der Waals surface area contributed by atoms with Crippen LogP contribution < -0.4 is 0 Å². The molecule has 0 heterocycles. The summed E-state index contributed by atoms with van der Waals surface area (Å²) in [7, 11) is 1.46. The molecule has 0 bridgehead atoms. The van der Waals surface area contributed by atoms with Crippen LogP contribution in [0.3, 0.4) is 0 Å². The summed E-state index contributed by atoms with van der Waals surface area (Å²) in [6, 6.07) is 12.6. The molecule has 5 nitrogen and oxygen atoms in total. The number of hydrogen-bond donors (Lipinski definition) is 3. The second kappa shape index (κ2) is 6.32. The largest absolute Gasteiger partial charge is 0.508 e. The highest BCUT2D eigenvalue weighted by Crippen LogP contribution is 2.36. The lowest BCUT2D eigenvalue weighted by Gasteiger charge is -2.30. The maximum Gasteiger partial charge on any atom is 0.328 e. The molecule has 0 unspecified atom stereocenters. The second-order valence-electron chi connectivity index (χ2n) is 4.71. The summed E-state index contributed by atoms with van der Waals surface area (Å²) < 4.78 is 5.63. The first-order valence-corrected chi connectivity index (χ1v) is 6.54. The Morgan fingerprint density at radius 1 is 0.955 bits per heavy atom. The smallest absolute Gasteiger partial charge is 0.328 e. The molecular formula is C17H16O5. The van der Waals surface area contributed by atoms with Gasteiger partial charge >= 0.3 is 5.97 Å². The Balaban J connectivity index is 2.63. The minimum atomic E-state index is -1.14. The Morgan fingerprint density at radius 3 is 1.68 bits per heavy atom. The molecule has 0 fully saturated rings. The number of benzene rings is 2. The molecular weight excluding hydrogens is 284 g/mol. The zero-order valence-electron chi connectivity index (χ0n) is 11.9. The van der Waals surface area contributed by atoms with Gasteiger partial charge in [-0.2, -0.15) is 0 Å². The molecule has 0 aromatic heterocycles. The van der Waals surface area contributed by atoms with Crippen LogP contribution in [0, 0.1) is 0 Å². The van der Waals surface area contributed by atoms with Crippen molar-refractivity contribution in [3.05, 3.63) is 71.8 Å². The average molecular weight is 300 g/mol. The van der Waals surface area contributed by atoms with Gasteiger partial charge < -0.3 is 20.1 Å². The van der Waals surface area contributed by atoms with Gasteiger partial charge in [-0.15, -0.1) is 0 Å². The van der Waals surface area contributed by atoms with Gasteiger partial charge in [0.1, 0.15) is 17.1 Å². The lowest BCUT2D eigenvalue weighted by molar-refractivity contribution is -0.131. The Bertz CT molecular complexity index is 626. The summed E-state index contributed by atoms with van der Waals surface area (Å²) in [4.78, 5) is 10.9. The van der Waals surface area contributed by atoms with E-state index in [0.29, 0.717) is 11.1 Å². The average Bonchev–Trinajstić information content (AvgIpc) is 2.51. The van der Waals surface area contributed by atoms with E-state index in [-0.39, 0.29) is 11.5 Å². The predicted molar refractivity (Wildman–Crippen MR) is 80.8 cm³/mol. The molecule has 0 saturated heterocycles. The maximum atomic E-state index is 10.9. The standard InChI is InChI=1S/C17H16O5/c1-22-17(11-10-16(20)21,12-2-6-14(18)7-3-12)13-4-8-15(19)9-5-13/h2-11,18-19H,1H3,(H,20,21). The van der Waals surface area contributed by atoms with E-state index in [0.717, 1.165) is 6.08 Å². The lowest BCUT2D eigenvalue weighted by atomic mass is 9.85. The third-order valence-electron chi connectivity index (χ3n) is 3.37. The first-order valence-electron chi connectivity index (χ1n) is 6.54. The van der Waals surface area contributed by atoms with Gasteiger partial charge in [-0.3, -0.25) is 0 Å². The topological polar surface area (TPSA) is 87.0 Å². The number of ether oxygens (including phenoxy) is 1. The van der Waals surface area contributed by atoms with Crippen LogP contribution in [0.25, 0.3) is 0 Å². The highest BCUT2D eigenvalue weighted by Gasteiger charge is 2.32. The van der Waals surface area contributed by atoms with Crippen LogP contribution in [0.2, 0.25) is 0 Å². The van der Waals surface area contributed by atoms with Crippen molar-refractivity contribution in [3.63, 3.8) is 0 Å². The SMILES string of the molecule is COC(C=CC(=O)O)(c1ccc(O)cc1)c1ccc(O)cc1. The van der Waals surface area contributed by atoms with E-state index in [9.17, 15) is 15.0 Å². The summed E-state index contributed by atoms with van der Waals surface area (Å²) in [5.74, 6) is -0.901.